The van der Waals surface area contributed by atoms with Crippen molar-refractivity contribution in [3.8, 4) is 0 Å². The summed E-state index contributed by atoms with van der Waals surface area (Å²) in [6.45, 7) is 16.6. The van der Waals surface area contributed by atoms with Crippen molar-refractivity contribution in [3.05, 3.63) is 11.9 Å². The number of ether oxygens (including phenoxy) is 8. The van der Waals surface area contributed by atoms with Crippen LogP contribution in [0.25, 0.3) is 0 Å². The molecule has 1 rings (SSSR count). The van der Waals surface area contributed by atoms with E-state index < -0.39 is 36.3 Å². The van der Waals surface area contributed by atoms with E-state index in [1.165, 1.54) is 0 Å². The van der Waals surface area contributed by atoms with E-state index in [1.54, 1.807) is 34.4 Å². The van der Waals surface area contributed by atoms with Crippen LogP contribution in [0.15, 0.2) is 11.4 Å². The van der Waals surface area contributed by atoms with E-state index in [-0.39, 0.29) is 44.8 Å². The molecule has 0 aromatic carbocycles. The Hall–Kier alpha value is -3.82. The topological polar surface area (TPSA) is 272 Å². The first-order valence-corrected chi connectivity index (χ1v) is 24.4. The molecule has 0 spiro atoms. The minimum absolute atomic E-state index is 0.0628. The highest BCUT2D eigenvalue weighted by molar-refractivity contribution is 8.01. The minimum atomic E-state index is -0.721. The summed E-state index contributed by atoms with van der Waals surface area (Å²) >= 11 is 3.31. The van der Waals surface area contributed by atoms with Crippen molar-refractivity contribution in [2.24, 2.45) is 10.6 Å². The van der Waals surface area contributed by atoms with Crippen molar-refractivity contribution in [2.75, 3.05) is 150 Å². The molecule has 0 bridgehead atoms. The van der Waals surface area contributed by atoms with E-state index >= 15 is 0 Å². The number of oxime groups is 1. The van der Waals surface area contributed by atoms with E-state index in [0.29, 0.717) is 115 Å². The van der Waals surface area contributed by atoms with Gasteiger partial charge in [0.15, 0.2) is 6.61 Å². The fourth-order valence-electron chi connectivity index (χ4n) is 4.51. The van der Waals surface area contributed by atoms with Gasteiger partial charge in [-0.1, -0.05) is 45.0 Å². The van der Waals surface area contributed by atoms with Gasteiger partial charge in [0.05, 0.1) is 124 Å². The monoisotopic (exact) mass is 981 g/mol. The average molecular weight is 982 g/mol. The molecule has 0 atom stereocenters. The molecule has 0 radical (unpaired) electrons. The largest absolute Gasteiger partial charge is 0.443 e. The number of nitrogens with one attached hydrogen (secondary N) is 5. The summed E-state index contributed by atoms with van der Waals surface area (Å²) in [6.07, 6.45) is 3.88. The number of amides is 5. The van der Waals surface area contributed by atoms with Crippen molar-refractivity contribution in [1.82, 2.24) is 41.6 Å². The first-order valence-electron chi connectivity index (χ1n) is 22.0. The molecule has 66 heavy (non-hydrogen) atoms. The summed E-state index contributed by atoms with van der Waals surface area (Å²) in [5.41, 5.74) is 1.53. The van der Waals surface area contributed by atoms with Gasteiger partial charge in [-0.3, -0.25) is 19.2 Å². The Bertz CT molecular complexity index is 1490. The molecule has 0 aliphatic carbocycles. The Morgan fingerprint density at radius 2 is 1.12 bits per heavy atom. The quantitative estimate of drug-likeness (QED) is 0.0337. The van der Waals surface area contributed by atoms with Crippen LogP contribution in [-0.2, 0) is 75.1 Å². The number of rotatable bonds is 42. The highest BCUT2D eigenvalue weighted by Gasteiger charge is 2.12. The highest BCUT2D eigenvalue weighted by Crippen LogP contribution is 2.17. The van der Waals surface area contributed by atoms with Crippen LogP contribution >= 0.6 is 23.5 Å². The Morgan fingerprint density at radius 1 is 0.652 bits per heavy atom. The van der Waals surface area contributed by atoms with Crippen LogP contribution in [0.4, 0.5) is 4.79 Å². The minimum Gasteiger partial charge on any atom is -0.443 e. The lowest BCUT2D eigenvalue weighted by atomic mass is 9.93. The molecular formula is C41H75N9O14S2. The predicted octanol–water partition coefficient (Wildman–Crippen LogP) is 0.399. The number of thioether (sulfide) groups is 2. The number of carbonyl (C=O) groups is 5. The Labute approximate surface area is 397 Å². The first kappa shape index (κ1) is 60.2. The second kappa shape index (κ2) is 40.3. The average Bonchev–Trinajstić information content (AvgIpc) is 3.74. The SMILES string of the molecule is CSC/C(CSC(C)C)=N/OCC(=O)NCC(=O)NCC(=O)NCC(=O)NCCNC(=O)OCc1cn(CCOCCOCCOCCOCCOCCOCCOCCC(C)(C)C)nn1. The van der Waals surface area contributed by atoms with Gasteiger partial charge in [0.1, 0.15) is 12.3 Å². The number of hydrogen-bond acceptors (Lipinski definition) is 19. The van der Waals surface area contributed by atoms with Crippen LogP contribution in [0.5, 0.6) is 0 Å². The fraction of sp³-hybridized carbons (Fsp3) is 0.805. The molecule has 23 nitrogen and oxygen atoms in total. The lowest BCUT2D eigenvalue weighted by Crippen LogP contribution is -2.45. The maximum atomic E-state index is 12.0. The second-order valence-corrected chi connectivity index (χ2v) is 17.9. The van der Waals surface area contributed by atoms with Crippen molar-refractivity contribution in [1.29, 1.82) is 0 Å². The van der Waals surface area contributed by atoms with Crippen LogP contribution in [0.3, 0.4) is 0 Å². The molecule has 0 saturated carbocycles. The van der Waals surface area contributed by atoms with Gasteiger partial charge in [-0.05, 0) is 23.3 Å². The lowest BCUT2D eigenvalue weighted by molar-refractivity contribution is -0.130. The lowest BCUT2D eigenvalue weighted by Gasteiger charge is -2.17. The van der Waals surface area contributed by atoms with E-state index in [9.17, 15) is 24.0 Å². The Balaban J connectivity index is 1.94. The summed E-state index contributed by atoms with van der Waals surface area (Å²) in [7, 11) is 0. The van der Waals surface area contributed by atoms with Gasteiger partial charge in [0.25, 0.3) is 5.91 Å². The van der Waals surface area contributed by atoms with Gasteiger partial charge in [0, 0.05) is 31.2 Å². The zero-order chi connectivity index (χ0) is 48.5. The molecule has 1 aromatic heterocycles. The number of carbonyl (C=O) groups excluding carboxylic acids is 5. The van der Waals surface area contributed by atoms with Gasteiger partial charge in [-0.2, -0.15) is 23.5 Å². The van der Waals surface area contributed by atoms with Crippen molar-refractivity contribution in [3.63, 3.8) is 0 Å². The van der Waals surface area contributed by atoms with Gasteiger partial charge < -0.3 is 69.3 Å². The first-order chi connectivity index (χ1) is 31.8. The van der Waals surface area contributed by atoms with Gasteiger partial charge in [-0.15, -0.1) is 5.10 Å². The fourth-order valence-corrected chi connectivity index (χ4v) is 5.81. The number of nitrogens with zero attached hydrogens (tertiary/aromatic N) is 4. The summed E-state index contributed by atoms with van der Waals surface area (Å²) < 4.78 is 45.3. The molecule has 0 saturated heterocycles. The third-order valence-electron chi connectivity index (χ3n) is 7.97. The highest BCUT2D eigenvalue weighted by atomic mass is 32.2. The van der Waals surface area contributed by atoms with Crippen LogP contribution in [-0.4, -0.2) is 205 Å². The Kier molecular flexibility index (Phi) is 36.7. The number of hydrogen-bond donors (Lipinski definition) is 5. The summed E-state index contributed by atoms with van der Waals surface area (Å²) in [6, 6.07) is 0. The number of aromatic nitrogens is 3. The summed E-state index contributed by atoms with van der Waals surface area (Å²) in [4.78, 5) is 65.2. The van der Waals surface area contributed by atoms with Crippen LogP contribution in [0.1, 0.15) is 46.7 Å². The molecule has 0 aliphatic heterocycles. The molecule has 0 aliphatic rings. The van der Waals surface area contributed by atoms with Crippen LogP contribution in [0, 0.1) is 5.41 Å². The van der Waals surface area contributed by atoms with E-state index in [2.05, 4.69) is 76.7 Å². The van der Waals surface area contributed by atoms with Gasteiger partial charge in [0.2, 0.25) is 17.7 Å². The molecule has 5 amide bonds. The predicted molar refractivity (Wildman–Crippen MR) is 249 cm³/mol. The Morgan fingerprint density at radius 3 is 1.62 bits per heavy atom. The molecule has 5 N–H and O–H groups in total. The second-order valence-electron chi connectivity index (χ2n) is 15.5. The van der Waals surface area contributed by atoms with E-state index in [4.69, 9.17) is 42.7 Å². The van der Waals surface area contributed by atoms with E-state index in [1.807, 2.05) is 6.26 Å². The molecular weight excluding hydrogens is 907 g/mol. The smallest absolute Gasteiger partial charge is 0.407 e. The maximum absolute atomic E-state index is 12.0. The van der Waals surface area contributed by atoms with Crippen molar-refractivity contribution in [2.45, 2.75) is 59.4 Å². The van der Waals surface area contributed by atoms with Gasteiger partial charge in [-0.25, -0.2) is 9.48 Å². The third-order valence-corrected chi connectivity index (χ3v) is 9.76. The third kappa shape index (κ3) is 39.4. The van der Waals surface area contributed by atoms with Crippen molar-refractivity contribution < 1.29 is 66.7 Å². The standard InChI is InChI=1S/C41H75N9O14S2/c1-33(2)66-32-35(31-65-6)48-64-30-39(54)46-27-38(53)45-26-37(52)44-25-36(51)42-8-9-43-40(55)63-29-34-28-50(49-47-34)10-12-57-14-16-59-18-20-61-22-24-62-23-21-60-19-17-58-15-13-56-11-7-41(3,4)5/h28,33H,7-27,29-32H2,1-6H3,(H,42,51)(H,43,55)(H,44,52)(H,45,53)(H,46,54)/b48-35-. The van der Waals surface area contributed by atoms with Crippen molar-refractivity contribution >= 4 is 59.0 Å². The van der Waals surface area contributed by atoms with Gasteiger partial charge >= 0.3 is 6.09 Å². The molecule has 1 heterocycles. The molecule has 0 fully saturated rings. The zero-order valence-corrected chi connectivity index (χ0v) is 41.3. The zero-order valence-electron chi connectivity index (χ0n) is 39.7. The molecule has 380 valence electrons. The normalized spacial score (nSPS) is 11.7. The van der Waals surface area contributed by atoms with E-state index in [0.717, 1.165) is 18.7 Å². The van der Waals surface area contributed by atoms with Crippen LogP contribution < -0.4 is 26.6 Å². The molecule has 0 unspecified atom stereocenters. The molecule has 1 aromatic rings. The summed E-state index contributed by atoms with van der Waals surface area (Å²) in [5.74, 6) is -0.913. The maximum Gasteiger partial charge on any atom is 0.407 e. The van der Waals surface area contributed by atoms with Crippen LogP contribution in [0.2, 0.25) is 0 Å². The molecule has 25 heteroatoms. The summed E-state index contributed by atoms with van der Waals surface area (Å²) in [5, 5.41) is 24.5. The number of alkyl carbamates (subject to hydrolysis) is 1.